The molecule has 1 N–H and O–H groups in total. The summed E-state index contributed by atoms with van der Waals surface area (Å²) in [4.78, 5) is 4.33. The number of halogens is 1. The van der Waals surface area contributed by atoms with Crippen molar-refractivity contribution in [3.63, 3.8) is 0 Å². The normalized spacial score (nSPS) is 10.5. The molecule has 2 rings (SSSR count). The van der Waals surface area contributed by atoms with Crippen LogP contribution in [0.25, 0.3) is 0 Å². The second kappa shape index (κ2) is 5.97. The largest absolute Gasteiger partial charge is 0.495 e. The van der Waals surface area contributed by atoms with Crippen LogP contribution in [0.5, 0.6) is 5.75 Å². The third-order valence-corrected chi connectivity index (χ3v) is 3.47. The van der Waals surface area contributed by atoms with Gasteiger partial charge in [-0.05, 0) is 25.5 Å². The van der Waals surface area contributed by atoms with Crippen LogP contribution >= 0.6 is 11.6 Å². The van der Waals surface area contributed by atoms with Crippen LogP contribution < -0.4 is 10.1 Å². The first-order chi connectivity index (χ1) is 9.15. The van der Waals surface area contributed by atoms with Crippen molar-refractivity contribution in [3.8, 4) is 5.75 Å². The van der Waals surface area contributed by atoms with E-state index in [0.29, 0.717) is 11.6 Å². The monoisotopic (exact) mass is 279 g/mol. The summed E-state index contributed by atoms with van der Waals surface area (Å²) in [7, 11) is 1.64. The van der Waals surface area contributed by atoms with Crippen LogP contribution in [0, 0.1) is 6.92 Å². The minimum absolute atomic E-state index is 0.651. The highest BCUT2D eigenvalue weighted by atomic mass is 35.5. The second-order valence-electron chi connectivity index (χ2n) is 4.28. The summed E-state index contributed by atoms with van der Waals surface area (Å²) >= 11 is 6.09. The molecular formula is C14H18ClN3O. The lowest BCUT2D eigenvalue weighted by molar-refractivity contribution is 0.416. The molecule has 4 nitrogen and oxygen atoms in total. The van der Waals surface area contributed by atoms with Crippen molar-refractivity contribution in [2.24, 2.45) is 0 Å². The Hall–Kier alpha value is -1.68. The van der Waals surface area contributed by atoms with Gasteiger partial charge in [0, 0.05) is 30.0 Å². The molecule has 102 valence electrons. The standard InChI is InChI=1S/C14H18ClN3O/c1-4-18-6-5-16-14(18)9-17-12-7-10(2)11(15)8-13(12)19-3/h5-8,17H,4,9H2,1-3H3. The molecule has 1 aromatic heterocycles. The van der Waals surface area contributed by atoms with Gasteiger partial charge >= 0.3 is 0 Å². The molecule has 0 unspecified atom stereocenters. The predicted octanol–water partition coefficient (Wildman–Crippen LogP) is 3.49. The van der Waals surface area contributed by atoms with Gasteiger partial charge in [0.25, 0.3) is 0 Å². The number of rotatable bonds is 5. The lowest BCUT2D eigenvalue weighted by atomic mass is 10.2. The summed E-state index contributed by atoms with van der Waals surface area (Å²) in [6, 6.07) is 3.81. The van der Waals surface area contributed by atoms with Gasteiger partial charge in [0.1, 0.15) is 11.6 Å². The van der Waals surface area contributed by atoms with E-state index in [0.717, 1.165) is 29.4 Å². The number of anilines is 1. The lowest BCUT2D eigenvalue weighted by Crippen LogP contribution is -2.08. The van der Waals surface area contributed by atoms with Crippen molar-refractivity contribution in [1.82, 2.24) is 9.55 Å². The lowest BCUT2D eigenvalue weighted by Gasteiger charge is -2.13. The maximum atomic E-state index is 6.09. The zero-order chi connectivity index (χ0) is 13.8. The Morgan fingerprint density at radius 1 is 1.42 bits per heavy atom. The molecule has 0 radical (unpaired) electrons. The van der Waals surface area contributed by atoms with Crippen molar-refractivity contribution in [3.05, 3.63) is 40.9 Å². The van der Waals surface area contributed by atoms with Crippen LogP contribution in [0.1, 0.15) is 18.3 Å². The van der Waals surface area contributed by atoms with Gasteiger partial charge in [-0.15, -0.1) is 0 Å². The predicted molar refractivity (Wildman–Crippen MR) is 78.0 cm³/mol. The third-order valence-electron chi connectivity index (χ3n) is 3.06. The highest BCUT2D eigenvalue weighted by Gasteiger charge is 2.08. The average molecular weight is 280 g/mol. The quantitative estimate of drug-likeness (QED) is 0.911. The van der Waals surface area contributed by atoms with Gasteiger partial charge < -0.3 is 14.6 Å². The van der Waals surface area contributed by atoms with Crippen molar-refractivity contribution in [2.45, 2.75) is 26.9 Å². The number of hydrogen-bond donors (Lipinski definition) is 1. The van der Waals surface area contributed by atoms with E-state index in [2.05, 4.69) is 21.8 Å². The van der Waals surface area contributed by atoms with Crippen LogP contribution in [-0.4, -0.2) is 16.7 Å². The maximum Gasteiger partial charge on any atom is 0.143 e. The zero-order valence-electron chi connectivity index (χ0n) is 11.4. The van der Waals surface area contributed by atoms with Gasteiger partial charge in [-0.25, -0.2) is 4.98 Å². The van der Waals surface area contributed by atoms with E-state index < -0.39 is 0 Å². The van der Waals surface area contributed by atoms with Crippen LogP contribution in [0.3, 0.4) is 0 Å². The molecule has 2 aromatic rings. The number of hydrogen-bond acceptors (Lipinski definition) is 3. The Bertz CT molecular complexity index is 566. The molecule has 0 saturated carbocycles. The molecule has 0 saturated heterocycles. The molecule has 0 aliphatic heterocycles. The number of ether oxygens (including phenoxy) is 1. The van der Waals surface area contributed by atoms with E-state index in [1.807, 2.05) is 31.5 Å². The topological polar surface area (TPSA) is 39.1 Å². The first-order valence-corrected chi connectivity index (χ1v) is 6.61. The number of nitrogens with one attached hydrogen (secondary N) is 1. The van der Waals surface area contributed by atoms with E-state index in [-0.39, 0.29) is 0 Å². The van der Waals surface area contributed by atoms with Crippen LogP contribution in [0.4, 0.5) is 5.69 Å². The van der Waals surface area contributed by atoms with E-state index in [9.17, 15) is 0 Å². The molecular weight excluding hydrogens is 262 g/mol. The molecule has 5 heteroatoms. The summed E-state index contributed by atoms with van der Waals surface area (Å²) in [6.45, 7) is 5.63. The summed E-state index contributed by atoms with van der Waals surface area (Å²) in [6.07, 6.45) is 3.78. The fourth-order valence-corrected chi connectivity index (χ4v) is 2.09. The summed E-state index contributed by atoms with van der Waals surface area (Å²) in [5, 5.41) is 4.05. The highest BCUT2D eigenvalue weighted by molar-refractivity contribution is 6.31. The number of benzene rings is 1. The smallest absolute Gasteiger partial charge is 0.143 e. The minimum atomic E-state index is 0.651. The van der Waals surface area contributed by atoms with Gasteiger partial charge in [0.05, 0.1) is 19.3 Å². The van der Waals surface area contributed by atoms with Crippen molar-refractivity contribution in [2.75, 3.05) is 12.4 Å². The van der Waals surface area contributed by atoms with Gasteiger partial charge in [0.2, 0.25) is 0 Å². The number of aromatic nitrogens is 2. The second-order valence-corrected chi connectivity index (χ2v) is 4.69. The van der Waals surface area contributed by atoms with Gasteiger partial charge in [0.15, 0.2) is 0 Å². The molecule has 1 aromatic carbocycles. The molecule has 0 spiro atoms. The van der Waals surface area contributed by atoms with Crippen molar-refractivity contribution in [1.29, 1.82) is 0 Å². The minimum Gasteiger partial charge on any atom is -0.495 e. The van der Waals surface area contributed by atoms with Crippen molar-refractivity contribution < 1.29 is 4.74 Å². The average Bonchev–Trinajstić information content (AvgIpc) is 2.87. The van der Waals surface area contributed by atoms with E-state index in [1.54, 1.807) is 7.11 Å². The van der Waals surface area contributed by atoms with E-state index >= 15 is 0 Å². The molecule has 1 heterocycles. The van der Waals surface area contributed by atoms with Crippen LogP contribution in [0.2, 0.25) is 5.02 Å². The number of nitrogens with zero attached hydrogens (tertiary/aromatic N) is 2. The maximum absolute atomic E-state index is 6.09. The Balaban J connectivity index is 2.17. The fraction of sp³-hybridized carbons (Fsp3) is 0.357. The van der Waals surface area contributed by atoms with Gasteiger partial charge in [-0.2, -0.15) is 0 Å². The molecule has 0 fully saturated rings. The summed E-state index contributed by atoms with van der Waals surface area (Å²) < 4.78 is 7.43. The van der Waals surface area contributed by atoms with Gasteiger partial charge in [-0.1, -0.05) is 11.6 Å². The zero-order valence-corrected chi connectivity index (χ0v) is 12.2. The first-order valence-electron chi connectivity index (χ1n) is 6.23. The Morgan fingerprint density at radius 3 is 2.89 bits per heavy atom. The summed E-state index contributed by atoms with van der Waals surface area (Å²) in [5.41, 5.74) is 1.94. The van der Waals surface area contributed by atoms with Crippen molar-refractivity contribution >= 4 is 17.3 Å². The van der Waals surface area contributed by atoms with Crippen LogP contribution in [0.15, 0.2) is 24.5 Å². The number of aryl methyl sites for hydroxylation is 2. The Labute approximate surface area is 118 Å². The third kappa shape index (κ3) is 3.01. The molecule has 0 aliphatic rings. The molecule has 0 amide bonds. The van der Waals surface area contributed by atoms with Crippen LogP contribution in [-0.2, 0) is 13.1 Å². The highest BCUT2D eigenvalue weighted by Crippen LogP contribution is 2.31. The van der Waals surface area contributed by atoms with E-state index in [1.165, 1.54) is 0 Å². The number of methoxy groups -OCH3 is 1. The molecule has 19 heavy (non-hydrogen) atoms. The van der Waals surface area contributed by atoms with E-state index in [4.69, 9.17) is 16.3 Å². The molecule has 0 atom stereocenters. The first kappa shape index (κ1) is 13.7. The molecule has 0 bridgehead atoms. The summed E-state index contributed by atoms with van der Waals surface area (Å²) in [5.74, 6) is 1.74. The van der Waals surface area contributed by atoms with Gasteiger partial charge in [-0.3, -0.25) is 0 Å². The Morgan fingerprint density at radius 2 is 2.21 bits per heavy atom. The fourth-order valence-electron chi connectivity index (χ4n) is 1.94. The number of imidazole rings is 1. The SMILES string of the molecule is CCn1ccnc1CNc1cc(C)c(Cl)cc1OC. The Kier molecular flexibility index (Phi) is 4.32. The molecule has 0 aliphatic carbocycles.